The third-order valence-corrected chi connectivity index (χ3v) is 5.18. The van der Waals surface area contributed by atoms with E-state index in [1.54, 1.807) is 47.3 Å². The monoisotopic (exact) mass is 460 g/mol. The number of hydrogen-bond donors (Lipinski definition) is 1. The van der Waals surface area contributed by atoms with E-state index >= 15 is 0 Å². The number of rotatable bonds is 8. The van der Waals surface area contributed by atoms with Gasteiger partial charge in [-0.25, -0.2) is 4.79 Å². The minimum atomic E-state index is -0.516. The Morgan fingerprint density at radius 1 is 1.03 bits per heavy atom. The average molecular weight is 460 g/mol. The van der Waals surface area contributed by atoms with Crippen LogP contribution in [0.25, 0.3) is 10.9 Å². The molecule has 0 saturated carbocycles. The quantitative estimate of drug-likeness (QED) is 0.393. The molecule has 0 radical (unpaired) electrons. The minimum Gasteiger partial charge on any atom is -0.496 e. The van der Waals surface area contributed by atoms with Crippen LogP contribution in [0.3, 0.4) is 0 Å². The number of amides is 1. The summed E-state index contributed by atoms with van der Waals surface area (Å²) in [5.74, 6) is 1.33. The fourth-order valence-electron chi connectivity index (χ4n) is 3.45. The van der Waals surface area contributed by atoms with Gasteiger partial charge in [-0.05, 0) is 36.8 Å². The normalized spacial score (nSPS) is 10.7. The molecule has 1 amide bonds. The van der Waals surface area contributed by atoms with Crippen LogP contribution in [0.4, 0.5) is 5.82 Å². The van der Waals surface area contributed by atoms with Crippen molar-refractivity contribution in [3.05, 3.63) is 72.1 Å². The highest BCUT2D eigenvalue weighted by atomic mass is 16.5. The van der Waals surface area contributed by atoms with Crippen molar-refractivity contribution in [1.29, 1.82) is 0 Å². The Kier molecular flexibility index (Phi) is 6.72. The van der Waals surface area contributed by atoms with Gasteiger partial charge in [-0.1, -0.05) is 12.1 Å². The van der Waals surface area contributed by atoms with Gasteiger partial charge in [0, 0.05) is 36.5 Å². The summed E-state index contributed by atoms with van der Waals surface area (Å²) in [7, 11) is 2.79. The average Bonchev–Trinajstić information content (AvgIpc) is 3.31. The summed E-state index contributed by atoms with van der Waals surface area (Å²) in [5.41, 5.74) is 1.72. The smallest absolute Gasteiger partial charge is 0.341 e. The van der Waals surface area contributed by atoms with Gasteiger partial charge in [-0.15, -0.1) is 0 Å². The van der Waals surface area contributed by atoms with E-state index < -0.39 is 5.97 Å². The van der Waals surface area contributed by atoms with Gasteiger partial charge in [0.15, 0.2) is 5.82 Å². The molecule has 2 heterocycles. The first-order valence-electron chi connectivity index (χ1n) is 10.7. The standard InChI is InChI=1S/C25H24N4O5/c1-4-29-12-10-23(28-29)27-24(30)13-16-5-7-17(8-6-16)34-21-9-11-26-20-15-22(32-2)19(14-18(20)21)25(31)33-3/h5-12,14-15H,4,13H2,1-3H3,(H,27,28,30). The van der Waals surface area contributed by atoms with Crippen molar-refractivity contribution in [2.24, 2.45) is 0 Å². The summed E-state index contributed by atoms with van der Waals surface area (Å²) < 4.78 is 18.0. The van der Waals surface area contributed by atoms with E-state index in [0.717, 1.165) is 12.1 Å². The fraction of sp³-hybridized carbons (Fsp3) is 0.200. The van der Waals surface area contributed by atoms with Crippen molar-refractivity contribution in [3.63, 3.8) is 0 Å². The zero-order valence-electron chi connectivity index (χ0n) is 19.1. The fourth-order valence-corrected chi connectivity index (χ4v) is 3.45. The van der Waals surface area contributed by atoms with Crippen molar-refractivity contribution < 1.29 is 23.8 Å². The molecule has 34 heavy (non-hydrogen) atoms. The van der Waals surface area contributed by atoms with Gasteiger partial charge < -0.3 is 19.5 Å². The number of pyridine rings is 1. The maximum atomic E-state index is 12.3. The molecule has 0 atom stereocenters. The lowest BCUT2D eigenvalue weighted by Crippen LogP contribution is -2.15. The van der Waals surface area contributed by atoms with Crippen LogP contribution in [0.2, 0.25) is 0 Å². The Morgan fingerprint density at radius 2 is 1.82 bits per heavy atom. The highest BCUT2D eigenvalue weighted by molar-refractivity contribution is 5.99. The Labute approximate surface area is 196 Å². The van der Waals surface area contributed by atoms with Crippen molar-refractivity contribution >= 4 is 28.6 Å². The number of esters is 1. The maximum Gasteiger partial charge on any atom is 0.341 e. The number of ether oxygens (including phenoxy) is 3. The Balaban J connectivity index is 1.50. The molecule has 4 aromatic rings. The number of aromatic nitrogens is 3. The predicted octanol–water partition coefficient (Wildman–Crippen LogP) is 4.22. The number of carbonyl (C=O) groups excluding carboxylic acids is 2. The number of aryl methyl sites for hydroxylation is 1. The molecule has 2 aromatic heterocycles. The van der Waals surface area contributed by atoms with Crippen molar-refractivity contribution in [3.8, 4) is 17.2 Å². The Bertz CT molecular complexity index is 1330. The molecule has 0 aliphatic rings. The zero-order chi connectivity index (χ0) is 24.1. The van der Waals surface area contributed by atoms with Gasteiger partial charge in [-0.3, -0.25) is 14.5 Å². The zero-order valence-corrected chi connectivity index (χ0v) is 19.1. The second-order valence-corrected chi connectivity index (χ2v) is 7.40. The van der Waals surface area contributed by atoms with E-state index in [1.807, 2.05) is 25.3 Å². The summed E-state index contributed by atoms with van der Waals surface area (Å²) >= 11 is 0. The summed E-state index contributed by atoms with van der Waals surface area (Å²) in [4.78, 5) is 28.8. The van der Waals surface area contributed by atoms with E-state index in [-0.39, 0.29) is 17.9 Å². The van der Waals surface area contributed by atoms with Crippen LogP contribution in [0.1, 0.15) is 22.8 Å². The van der Waals surface area contributed by atoms with Crippen molar-refractivity contribution in [2.45, 2.75) is 19.9 Å². The molecule has 0 fully saturated rings. The van der Waals surface area contributed by atoms with E-state index in [4.69, 9.17) is 14.2 Å². The molecule has 0 aliphatic heterocycles. The van der Waals surface area contributed by atoms with Crippen LogP contribution in [0.15, 0.2) is 60.9 Å². The molecule has 0 bridgehead atoms. The predicted molar refractivity (Wildman–Crippen MR) is 126 cm³/mol. The molecule has 0 saturated heterocycles. The summed E-state index contributed by atoms with van der Waals surface area (Å²) in [6.07, 6.45) is 3.64. The second-order valence-electron chi connectivity index (χ2n) is 7.40. The number of nitrogens with one attached hydrogen (secondary N) is 1. The third-order valence-electron chi connectivity index (χ3n) is 5.18. The molecular formula is C25H24N4O5. The lowest BCUT2D eigenvalue weighted by Gasteiger charge is -2.12. The van der Waals surface area contributed by atoms with E-state index in [1.165, 1.54) is 14.2 Å². The van der Waals surface area contributed by atoms with E-state index in [2.05, 4.69) is 15.4 Å². The van der Waals surface area contributed by atoms with Crippen LogP contribution < -0.4 is 14.8 Å². The van der Waals surface area contributed by atoms with Crippen LogP contribution >= 0.6 is 0 Å². The molecule has 4 rings (SSSR count). The SMILES string of the molecule is CCn1ccc(NC(=O)Cc2ccc(Oc3ccnc4cc(OC)c(C(=O)OC)cc34)cc2)n1. The molecular weight excluding hydrogens is 436 g/mol. The summed E-state index contributed by atoms with van der Waals surface area (Å²) in [6, 6.07) is 14.0. The molecule has 2 aromatic carbocycles. The summed E-state index contributed by atoms with van der Waals surface area (Å²) in [6.45, 7) is 2.72. The number of methoxy groups -OCH3 is 2. The van der Waals surface area contributed by atoms with Crippen LogP contribution in [0.5, 0.6) is 17.2 Å². The molecule has 0 aliphatic carbocycles. The highest BCUT2D eigenvalue weighted by Crippen LogP contribution is 2.33. The first-order chi connectivity index (χ1) is 16.5. The number of nitrogens with zero attached hydrogens (tertiary/aromatic N) is 3. The number of benzene rings is 2. The molecule has 174 valence electrons. The molecule has 1 N–H and O–H groups in total. The molecule has 0 spiro atoms. The Hall–Kier alpha value is -4.40. The van der Waals surface area contributed by atoms with Gasteiger partial charge >= 0.3 is 5.97 Å². The number of fused-ring (bicyclic) bond motifs is 1. The largest absolute Gasteiger partial charge is 0.496 e. The lowest BCUT2D eigenvalue weighted by atomic mass is 10.1. The minimum absolute atomic E-state index is 0.153. The molecule has 0 unspecified atom stereocenters. The first-order valence-corrected chi connectivity index (χ1v) is 10.7. The number of hydrogen-bond acceptors (Lipinski definition) is 7. The third kappa shape index (κ3) is 4.98. The van der Waals surface area contributed by atoms with E-state index in [0.29, 0.717) is 34.0 Å². The van der Waals surface area contributed by atoms with Crippen LogP contribution in [-0.2, 0) is 22.5 Å². The summed E-state index contributed by atoms with van der Waals surface area (Å²) in [5, 5.41) is 7.68. The van der Waals surface area contributed by atoms with Gasteiger partial charge in [0.05, 0.1) is 26.2 Å². The molecule has 9 nitrogen and oxygen atoms in total. The van der Waals surface area contributed by atoms with Crippen LogP contribution in [0, 0.1) is 0 Å². The Morgan fingerprint density at radius 3 is 2.50 bits per heavy atom. The van der Waals surface area contributed by atoms with Gasteiger partial charge in [0.1, 0.15) is 22.8 Å². The molecule has 9 heteroatoms. The second kappa shape index (κ2) is 10.0. The van der Waals surface area contributed by atoms with Gasteiger partial charge in [0.2, 0.25) is 5.91 Å². The lowest BCUT2D eigenvalue weighted by molar-refractivity contribution is -0.115. The topological polar surface area (TPSA) is 105 Å². The highest BCUT2D eigenvalue weighted by Gasteiger charge is 2.17. The van der Waals surface area contributed by atoms with Gasteiger partial charge in [0.25, 0.3) is 0 Å². The maximum absolute atomic E-state index is 12.3. The number of anilines is 1. The van der Waals surface area contributed by atoms with Crippen molar-refractivity contribution in [2.75, 3.05) is 19.5 Å². The van der Waals surface area contributed by atoms with Gasteiger partial charge in [-0.2, -0.15) is 5.10 Å². The number of carbonyl (C=O) groups is 2. The first kappa shape index (κ1) is 22.8. The van der Waals surface area contributed by atoms with E-state index in [9.17, 15) is 9.59 Å². The van der Waals surface area contributed by atoms with Crippen LogP contribution in [-0.4, -0.2) is 40.9 Å². The van der Waals surface area contributed by atoms with Crippen molar-refractivity contribution in [1.82, 2.24) is 14.8 Å².